The molecule has 1 rings (SSSR count). The molecule has 0 aromatic carbocycles. The van der Waals surface area contributed by atoms with Gasteiger partial charge in [0.05, 0.1) is 6.61 Å². The lowest BCUT2D eigenvalue weighted by atomic mass is 10.0. The van der Waals surface area contributed by atoms with E-state index in [-0.39, 0.29) is 18.4 Å². The Morgan fingerprint density at radius 1 is 1.67 bits per heavy atom. The van der Waals surface area contributed by atoms with Crippen LogP contribution in [0.15, 0.2) is 0 Å². The molecule has 72 valence electrons. The normalized spacial score (nSPS) is 27.8. The van der Waals surface area contributed by atoms with E-state index >= 15 is 0 Å². The maximum atomic E-state index is 11.3. The Labute approximate surface area is 79.3 Å². The summed E-state index contributed by atoms with van der Waals surface area (Å²) in [7, 11) is 0. The molecule has 1 aliphatic rings. The molecule has 0 aromatic heterocycles. The smallest absolute Gasteiger partial charge is 0.326 e. The quantitative estimate of drug-likeness (QED) is 0.668. The van der Waals surface area contributed by atoms with Crippen molar-refractivity contribution in [3.8, 4) is 0 Å². The molecule has 1 saturated heterocycles. The van der Waals surface area contributed by atoms with Gasteiger partial charge in [-0.3, -0.25) is 4.79 Å². The highest BCUT2D eigenvalue weighted by atomic mass is 35.5. The average Bonchev–Trinajstić information content (AvgIpc) is 2.38. The summed E-state index contributed by atoms with van der Waals surface area (Å²) in [6.45, 7) is 5.12. The van der Waals surface area contributed by atoms with Crippen molar-refractivity contribution < 1.29 is 9.53 Å². The maximum Gasteiger partial charge on any atom is 0.326 e. The molecule has 1 fully saturated rings. The van der Waals surface area contributed by atoms with Crippen LogP contribution in [0.25, 0.3) is 0 Å². The van der Waals surface area contributed by atoms with Gasteiger partial charge >= 0.3 is 5.97 Å². The largest absolute Gasteiger partial charge is 0.465 e. The number of carbonyl (C=O) groups is 1. The van der Waals surface area contributed by atoms with Gasteiger partial charge in [-0.1, -0.05) is 0 Å². The molecule has 0 bridgehead atoms. The van der Waals surface area contributed by atoms with Crippen molar-refractivity contribution in [2.24, 2.45) is 0 Å². The monoisotopic (exact) mass is 193 g/mol. The van der Waals surface area contributed by atoms with Crippen molar-refractivity contribution in [1.82, 2.24) is 5.32 Å². The predicted octanol–water partition coefficient (Wildman–Crippen LogP) is 1.11. The van der Waals surface area contributed by atoms with Crippen molar-refractivity contribution in [3.05, 3.63) is 0 Å². The lowest BCUT2D eigenvalue weighted by Gasteiger charge is -2.21. The summed E-state index contributed by atoms with van der Waals surface area (Å²) in [5.74, 6) is -0.113. The van der Waals surface area contributed by atoms with Crippen LogP contribution in [0, 0.1) is 0 Å². The molecule has 0 aliphatic carbocycles. The summed E-state index contributed by atoms with van der Waals surface area (Å²) in [6.07, 6.45) is 1.96. The molecule has 0 aromatic rings. The van der Waals surface area contributed by atoms with Gasteiger partial charge in [0.1, 0.15) is 5.54 Å². The van der Waals surface area contributed by atoms with Gasteiger partial charge < -0.3 is 10.1 Å². The third-order valence-electron chi connectivity index (χ3n) is 2.09. The SMILES string of the molecule is CCOC(=O)C1(C)CCCN1.Cl. The lowest BCUT2D eigenvalue weighted by molar-refractivity contribution is -0.149. The molecule has 3 nitrogen and oxygen atoms in total. The predicted molar refractivity (Wildman–Crippen MR) is 49.5 cm³/mol. The summed E-state index contributed by atoms with van der Waals surface area (Å²) in [6, 6.07) is 0. The van der Waals surface area contributed by atoms with E-state index in [1.807, 2.05) is 13.8 Å². The molecule has 1 aliphatic heterocycles. The molecule has 1 N–H and O–H groups in total. The first-order valence-corrected chi connectivity index (χ1v) is 4.11. The molecule has 0 spiro atoms. The summed E-state index contributed by atoms with van der Waals surface area (Å²) < 4.78 is 4.93. The fraction of sp³-hybridized carbons (Fsp3) is 0.875. The van der Waals surface area contributed by atoms with Crippen molar-refractivity contribution in [1.29, 1.82) is 0 Å². The van der Waals surface area contributed by atoms with Crippen LogP contribution in [0.5, 0.6) is 0 Å². The van der Waals surface area contributed by atoms with E-state index in [0.717, 1.165) is 19.4 Å². The molecule has 1 unspecified atom stereocenters. The van der Waals surface area contributed by atoms with Gasteiger partial charge in [0, 0.05) is 0 Å². The van der Waals surface area contributed by atoms with Crippen LogP contribution in [0.1, 0.15) is 26.7 Å². The van der Waals surface area contributed by atoms with E-state index < -0.39 is 5.54 Å². The van der Waals surface area contributed by atoms with Crippen LogP contribution in [0.3, 0.4) is 0 Å². The van der Waals surface area contributed by atoms with Crippen LogP contribution >= 0.6 is 12.4 Å². The van der Waals surface area contributed by atoms with Crippen LogP contribution < -0.4 is 5.32 Å². The van der Waals surface area contributed by atoms with Crippen molar-refractivity contribution in [2.75, 3.05) is 13.2 Å². The summed E-state index contributed by atoms with van der Waals surface area (Å²) in [5, 5.41) is 3.14. The van der Waals surface area contributed by atoms with Gasteiger partial charge in [0.2, 0.25) is 0 Å². The molecule has 4 heteroatoms. The van der Waals surface area contributed by atoms with Gasteiger partial charge in [0.25, 0.3) is 0 Å². The van der Waals surface area contributed by atoms with E-state index in [4.69, 9.17) is 4.74 Å². The third-order valence-corrected chi connectivity index (χ3v) is 2.09. The number of hydrogen-bond acceptors (Lipinski definition) is 3. The lowest BCUT2D eigenvalue weighted by Crippen LogP contribution is -2.45. The number of nitrogens with one attached hydrogen (secondary N) is 1. The molecule has 12 heavy (non-hydrogen) atoms. The van der Waals surface area contributed by atoms with Gasteiger partial charge in [-0.2, -0.15) is 0 Å². The highest BCUT2D eigenvalue weighted by Crippen LogP contribution is 2.19. The van der Waals surface area contributed by atoms with Crippen LogP contribution in [-0.2, 0) is 9.53 Å². The van der Waals surface area contributed by atoms with Gasteiger partial charge in [0.15, 0.2) is 0 Å². The fourth-order valence-electron chi connectivity index (χ4n) is 1.36. The zero-order valence-electron chi connectivity index (χ0n) is 7.55. The zero-order chi connectivity index (χ0) is 8.32. The van der Waals surface area contributed by atoms with Crippen LogP contribution in [0.4, 0.5) is 0 Å². The molecule has 1 atom stereocenters. The minimum atomic E-state index is -0.407. The molecular formula is C8H16ClNO2. The summed E-state index contributed by atoms with van der Waals surface area (Å²) in [4.78, 5) is 11.3. The summed E-state index contributed by atoms with van der Waals surface area (Å²) in [5.41, 5.74) is -0.407. The zero-order valence-corrected chi connectivity index (χ0v) is 8.37. The standard InChI is InChI=1S/C8H15NO2.ClH/c1-3-11-7(10)8(2)5-4-6-9-8;/h9H,3-6H2,1-2H3;1H. The molecular weight excluding hydrogens is 178 g/mol. The maximum absolute atomic E-state index is 11.3. The van der Waals surface area contributed by atoms with Gasteiger partial charge in [-0.25, -0.2) is 0 Å². The minimum absolute atomic E-state index is 0. The Kier molecular flexibility index (Phi) is 4.57. The first kappa shape index (κ1) is 11.7. The Morgan fingerprint density at radius 3 is 2.75 bits per heavy atom. The molecule has 0 amide bonds. The van der Waals surface area contributed by atoms with E-state index in [1.165, 1.54) is 0 Å². The van der Waals surface area contributed by atoms with E-state index in [0.29, 0.717) is 6.61 Å². The molecule has 0 radical (unpaired) electrons. The van der Waals surface area contributed by atoms with Gasteiger partial charge in [-0.05, 0) is 33.2 Å². The number of halogens is 1. The Bertz CT molecular complexity index is 155. The second-order valence-corrected chi connectivity index (χ2v) is 3.08. The highest BCUT2D eigenvalue weighted by Gasteiger charge is 2.36. The highest BCUT2D eigenvalue weighted by molar-refractivity contribution is 5.85. The van der Waals surface area contributed by atoms with Gasteiger partial charge in [-0.15, -0.1) is 12.4 Å². The number of rotatable bonds is 2. The third kappa shape index (κ3) is 2.35. The Morgan fingerprint density at radius 2 is 2.33 bits per heavy atom. The summed E-state index contributed by atoms with van der Waals surface area (Å²) >= 11 is 0. The van der Waals surface area contributed by atoms with Crippen molar-refractivity contribution in [2.45, 2.75) is 32.2 Å². The van der Waals surface area contributed by atoms with Crippen LogP contribution in [-0.4, -0.2) is 24.7 Å². The number of hydrogen-bond donors (Lipinski definition) is 1. The van der Waals surface area contributed by atoms with Crippen molar-refractivity contribution in [3.63, 3.8) is 0 Å². The molecule has 0 saturated carbocycles. The Hall–Kier alpha value is -0.280. The average molecular weight is 194 g/mol. The second kappa shape index (κ2) is 4.67. The van der Waals surface area contributed by atoms with Crippen LogP contribution in [0.2, 0.25) is 0 Å². The fourth-order valence-corrected chi connectivity index (χ4v) is 1.36. The van der Waals surface area contributed by atoms with E-state index in [1.54, 1.807) is 0 Å². The van der Waals surface area contributed by atoms with E-state index in [2.05, 4.69) is 5.32 Å². The van der Waals surface area contributed by atoms with Crippen molar-refractivity contribution >= 4 is 18.4 Å². The Balaban J connectivity index is 0.00000121. The first-order valence-electron chi connectivity index (χ1n) is 4.11. The second-order valence-electron chi connectivity index (χ2n) is 3.08. The first-order chi connectivity index (χ1) is 5.19. The minimum Gasteiger partial charge on any atom is -0.465 e. The number of ether oxygens (including phenoxy) is 1. The topological polar surface area (TPSA) is 38.3 Å². The number of esters is 1. The molecule has 1 heterocycles. The number of carbonyl (C=O) groups excluding carboxylic acids is 1. The van der Waals surface area contributed by atoms with E-state index in [9.17, 15) is 4.79 Å².